The molecular formula is C31H35ClN5O4S. The number of hydrogen-bond acceptors (Lipinski definition) is 6. The van der Waals surface area contributed by atoms with E-state index in [9.17, 15) is 18.0 Å². The predicted octanol–water partition coefficient (Wildman–Crippen LogP) is 3.16. The van der Waals surface area contributed by atoms with Gasteiger partial charge in [-0.2, -0.15) is 0 Å². The van der Waals surface area contributed by atoms with Crippen LogP contribution in [0.15, 0.2) is 72.8 Å². The molecule has 1 saturated heterocycles. The molecule has 0 aromatic heterocycles. The summed E-state index contributed by atoms with van der Waals surface area (Å²) in [5.41, 5.74) is 4.25. The van der Waals surface area contributed by atoms with Crippen LogP contribution in [0, 0.1) is 6.54 Å². The molecule has 3 aromatic rings. The minimum atomic E-state index is -3.44. The van der Waals surface area contributed by atoms with Crippen LogP contribution >= 0.6 is 11.6 Å². The van der Waals surface area contributed by atoms with Crippen molar-refractivity contribution in [1.82, 2.24) is 15.5 Å². The van der Waals surface area contributed by atoms with Crippen LogP contribution in [0.25, 0.3) is 0 Å². The molecule has 3 aromatic carbocycles. The maximum Gasteiger partial charge on any atom is 0.245 e. The van der Waals surface area contributed by atoms with Gasteiger partial charge in [0.25, 0.3) is 0 Å². The fraction of sp³-hybridized carbons (Fsp3) is 0.323. The average molecular weight is 609 g/mol. The van der Waals surface area contributed by atoms with Crippen LogP contribution in [0.5, 0.6) is 0 Å². The van der Waals surface area contributed by atoms with E-state index in [0.717, 1.165) is 28.8 Å². The molecule has 2 aliphatic rings. The van der Waals surface area contributed by atoms with Gasteiger partial charge in [0.15, 0.2) is 0 Å². The number of amides is 2. The van der Waals surface area contributed by atoms with Gasteiger partial charge in [-0.1, -0.05) is 60.1 Å². The number of halogens is 1. The summed E-state index contributed by atoms with van der Waals surface area (Å²) in [4.78, 5) is 31.4. The minimum absolute atomic E-state index is 0.160. The van der Waals surface area contributed by atoms with Gasteiger partial charge in [0.05, 0.1) is 17.6 Å². The van der Waals surface area contributed by atoms with Gasteiger partial charge in [0, 0.05) is 51.2 Å². The van der Waals surface area contributed by atoms with Crippen LogP contribution in [-0.4, -0.2) is 70.7 Å². The summed E-state index contributed by atoms with van der Waals surface area (Å²) < 4.78 is 25.7. The van der Waals surface area contributed by atoms with Gasteiger partial charge in [-0.25, -0.2) is 8.42 Å². The van der Waals surface area contributed by atoms with Gasteiger partial charge >= 0.3 is 0 Å². The van der Waals surface area contributed by atoms with Crippen LogP contribution in [0.2, 0.25) is 5.02 Å². The van der Waals surface area contributed by atoms with E-state index in [1.54, 1.807) is 23.1 Å². The van der Waals surface area contributed by atoms with Crippen molar-refractivity contribution in [2.75, 3.05) is 48.7 Å². The molecule has 9 nitrogen and oxygen atoms in total. The second-order valence-electron chi connectivity index (χ2n) is 10.6. The standard InChI is InChI=1S/C31H35ClN5O4S/c1-35(42(2,40)41)27-9-5-6-10-28(27)36-17-19-37(20-18-36)31(39)26(21-22-11-13-24(32)14-12-22)34-30(38)29-25-8-4-3-7-23(25)15-16-33-29/h3-14,16,26,29,33H,15,17-21H2,1-2H3,(H,34,38)/t26-,29?/m1/s1. The van der Waals surface area contributed by atoms with Gasteiger partial charge in [-0.3, -0.25) is 19.2 Å². The van der Waals surface area contributed by atoms with E-state index in [2.05, 4.69) is 15.5 Å². The second-order valence-corrected chi connectivity index (χ2v) is 13.1. The highest BCUT2D eigenvalue weighted by atomic mass is 35.5. The van der Waals surface area contributed by atoms with E-state index in [1.807, 2.05) is 61.1 Å². The topological polar surface area (TPSA) is 102 Å². The number of rotatable bonds is 8. The number of sulfonamides is 1. The Morgan fingerprint density at radius 3 is 2.38 bits per heavy atom. The molecule has 1 unspecified atom stereocenters. The Morgan fingerprint density at radius 1 is 1.00 bits per heavy atom. The van der Waals surface area contributed by atoms with E-state index in [0.29, 0.717) is 43.3 Å². The molecule has 2 atom stereocenters. The normalized spacial score (nSPS) is 17.7. The molecule has 2 heterocycles. The molecule has 2 amide bonds. The molecule has 1 radical (unpaired) electrons. The van der Waals surface area contributed by atoms with Crippen molar-refractivity contribution in [3.05, 3.63) is 101 Å². The first kappa shape index (κ1) is 29.9. The van der Waals surface area contributed by atoms with Crippen LogP contribution in [-0.2, 0) is 32.5 Å². The lowest BCUT2D eigenvalue weighted by atomic mass is 9.93. The summed E-state index contributed by atoms with van der Waals surface area (Å²) in [5, 5.41) is 6.82. The number of benzene rings is 3. The maximum atomic E-state index is 13.9. The van der Waals surface area contributed by atoms with Crippen LogP contribution < -0.4 is 19.8 Å². The number of hydrogen-bond donors (Lipinski definition) is 2. The number of nitrogens with one attached hydrogen (secondary N) is 2. The molecule has 2 aliphatic heterocycles. The maximum absolute atomic E-state index is 13.9. The molecular weight excluding hydrogens is 574 g/mol. The van der Waals surface area contributed by atoms with Crippen LogP contribution in [0.3, 0.4) is 0 Å². The van der Waals surface area contributed by atoms with Gasteiger partial charge in [0.1, 0.15) is 12.1 Å². The third-order valence-electron chi connectivity index (χ3n) is 7.85. The van der Waals surface area contributed by atoms with Crippen molar-refractivity contribution in [2.24, 2.45) is 0 Å². The fourth-order valence-corrected chi connectivity index (χ4v) is 6.11. The highest BCUT2D eigenvalue weighted by Gasteiger charge is 2.33. The van der Waals surface area contributed by atoms with Crippen molar-refractivity contribution in [3.8, 4) is 0 Å². The smallest absolute Gasteiger partial charge is 0.245 e. The zero-order chi connectivity index (χ0) is 29.9. The molecule has 1 fully saturated rings. The summed E-state index contributed by atoms with van der Waals surface area (Å²) in [6.07, 6.45) is 2.22. The number of anilines is 2. The van der Waals surface area contributed by atoms with E-state index >= 15 is 0 Å². The molecule has 2 N–H and O–H groups in total. The van der Waals surface area contributed by atoms with Gasteiger partial charge < -0.3 is 15.1 Å². The Kier molecular flexibility index (Phi) is 9.05. The Bertz CT molecular complexity index is 1540. The van der Waals surface area contributed by atoms with E-state index in [1.165, 1.54) is 17.6 Å². The number of carbonyl (C=O) groups is 2. The molecule has 0 spiro atoms. The molecule has 11 heteroatoms. The zero-order valence-electron chi connectivity index (χ0n) is 23.7. The Labute approximate surface area is 252 Å². The summed E-state index contributed by atoms with van der Waals surface area (Å²) in [5.74, 6) is -0.422. The van der Waals surface area contributed by atoms with E-state index in [-0.39, 0.29) is 11.8 Å². The molecule has 42 heavy (non-hydrogen) atoms. The molecule has 5 rings (SSSR count). The van der Waals surface area contributed by atoms with Crippen molar-refractivity contribution < 1.29 is 18.0 Å². The molecule has 0 aliphatic carbocycles. The number of fused-ring (bicyclic) bond motifs is 1. The Morgan fingerprint density at radius 2 is 1.67 bits per heavy atom. The van der Waals surface area contributed by atoms with E-state index < -0.39 is 22.1 Å². The van der Waals surface area contributed by atoms with Gasteiger partial charge in [0.2, 0.25) is 21.8 Å². The van der Waals surface area contributed by atoms with Crippen molar-refractivity contribution in [3.63, 3.8) is 0 Å². The highest BCUT2D eigenvalue weighted by molar-refractivity contribution is 7.92. The van der Waals surface area contributed by atoms with Crippen molar-refractivity contribution >= 4 is 44.8 Å². The Balaban J connectivity index is 1.32. The quantitative estimate of drug-likeness (QED) is 0.407. The van der Waals surface area contributed by atoms with Gasteiger partial charge in [-0.05, 0) is 47.4 Å². The predicted molar refractivity (Wildman–Crippen MR) is 166 cm³/mol. The number of para-hydroxylation sites is 2. The first-order valence-electron chi connectivity index (χ1n) is 13.9. The first-order chi connectivity index (χ1) is 20.1. The fourth-order valence-electron chi connectivity index (χ4n) is 5.47. The third kappa shape index (κ3) is 6.72. The highest BCUT2D eigenvalue weighted by Crippen LogP contribution is 2.31. The summed E-state index contributed by atoms with van der Waals surface area (Å²) in [6, 6.07) is 21.1. The average Bonchev–Trinajstić information content (AvgIpc) is 3.00. The molecule has 221 valence electrons. The summed E-state index contributed by atoms with van der Waals surface area (Å²) in [7, 11) is -1.90. The number of nitrogens with zero attached hydrogens (tertiary/aromatic N) is 3. The number of carbonyl (C=O) groups excluding carboxylic acids is 2. The van der Waals surface area contributed by atoms with Gasteiger partial charge in [-0.15, -0.1) is 0 Å². The SMILES string of the molecule is CN(c1ccccc1N1CCN(C(=O)[C@@H](Cc2ccc(Cl)cc2)NC(=O)C2N[CH]Cc3ccccc32)CC1)S(C)(=O)=O. The molecule has 0 bridgehead atoms. The number of piperazine rings is 1. The largest absolute Gasteiger partial charge is 0.366 e. The Hall–Kier alpha value is -3.60. The monoisotopic (exact) mass is 608 g/mol. The molecule has 0 saturated carbocycles. The lowest BCUT2D eigenvalue weighted by Gasteiger charge is -2.39. The van der Waals surface area contributed by atoms with E-state index in [4.69, 9.17) is 11.6 Å². The minimum Gasteiger partial charge on any atom is -0.366 e. The van der Waals surface area contributed by atoms with Crippen molar-refractivity contribution in [2.45, 2.75) is 24.9 Å². The zero-order valence-corrected chi connectivity index (χ0v) is 25.2. The van der Waals surface area contributed by atoms with Crippen LogP contribution in [0.1, 0.15) is 22.7 Å². The second kappa shape index (κ2) is 12.7. The first-order valence-corrected chi connectivity index (χ1v) is 16.1. The van der Waals surface area contributed by atoms with Crippen molar-refractivity contribution in [1.29, 1.82) is 0 Å². The lowest BCUT2D eigenvalue weighted by molar-refractivity contribution is -0.137. The third-order valence-corrected chi connectivity index (χ3v) is 9.30. The van der Waals surface area contributed by atoms with Crippen LogP contribution in [0.4, 0.5) is 11.4 Å². The lowest BCUT2D eigenvalue weighted by Crippen LogP contribution is -2.56. The summed E-state index contributed by atoms with van der Waals surface area (Å²) in [6.45, 7) is 3.78. The summed E-state index contributed by atoms with van der Waals surface area (Å²) >= 11 is 6.09.